The first-order valence-electron chi connectivity index (χ1n) is 18.9. The number of hydrogen-bond donors (Lipinski definition) is 3. The standard InChI is InChI=1S/C41H43N9O4S/c1-46-33-24-27(6-7-29(33)37(45-46)30-9-13-35(51)44-41(30)54)50-22-18-48(19-23-50)15-14-47-16-20-49(21-17-47)26-4-2-25(3-5-26)31-10-8-28-32(43-31)11-12-34-36(28)38(52)39(55-34)40(42)53/h2-8,10-12,24,30,52H,9,13-23H2,1H3,(H2,42,53)(H,44,51,54). The molecule has 3 aliphatic rings. The van der Waals surface area contributed by atoms with Crippen LogP contribution in [0.2, 0.25) is 0 Å². The van der Waals surface area contributed by atoms with E-state index in [1.54, 1.807) is 0 Å². The number of benzene rings is 3. The van der Waals surface area contributed by atoms with Crippen molar-refractivity contribution >= 4 is 72.3 Å². The van der Waals surface area contributed by atoms with Crippen molar-refractivity contribution in [3.63, 3.8) is 0 Å². The van der Waals surface area contributed by atoms with E-state index in [1.165, 1.54) is 22.7 Å². The van der Waals surface area contributed by atoms with E-state index in [1.807, 2.05) is 36.0 Å². The number of carbonyl (C=O) groups is 3. The normalized spacial score (nSPS) is 18.8. The third kappa shape index (κ3) is 6.64. The predicted molar refractivity (Wildman–Crippen MR) is 216 cm³/mol. The van der Waals surface area contributed by atoms with E-state index in [4.69, 9.17) is 15.8 Å². The minimum Gasteiger partial charge on any atom is -0.506 e. The van der Waals surface area contributed by atoms with Gasteiger partial charge < -0.3 is 20.6 Å². The molecule has 1 atom stereocenters. The Hall–Kier alpha value is -5.57. The Kier molecular flexibility index (Phi) is 9.11. The lowest BCUT2D eigenvalue weighted by Crippen LogP contribution is -2.51. The molecule has 6 heterocycles. The number of amides is 3. The number of thiophene rings is 1. The fourth-order valence-corrected chi connectivity index (χ4v) is 9.34. The monoisotopic (exact) mass is 757 g/mol. The summed E-state index contributed by atoms with van der Waals surface area (Å²) in [5, 5.41) is 20.2. The second-order valence-electron chi connectivity index (χ2n) is 14.8. The van der Waals surface area contributed by atoms with Gasteiger partial charge in [-0.2, -0.15) is 5.10 Å². The number of pyridine rings is 1. The maximum absolute atomic E-state index is 12.5. The molecule has 1 unspecified atom stereocenters. The summed E-state index contributed by atoms with van der Waals surface area (Å²) in [4.78, 5) is 51.0. The number of anilines is 2. The first-order valence-corrected chi connectivity index (χ1v) is 19.7. The van der Waals surface area contributed by atoms with Crippen LogP contribution in [-0.2, 0) is 16.6 Å². The fraction of sp³-hybridized carbons (Fsp3) is 0.341. The van der Waals surface area contributed by atoms with Crippen molar-refractivity contribution in [2.24, 2.45) is 12.8 Å². The summed E-state index contributed by atoms with van der Waals surface area (Å²) >= 11 is 1.20. The van der Waals surface area contributed by atoms with Crippen molar-refractivity contribution in [1.82, 2.24) is 29.9 Å². The molecule has 55 heavy (non-hydrogen) atoms. The number of nitrogens with one attached hydrogen (secondary N) is 1. The zero-order valence-corrected chi connectivity index (χ0v) is 31.5. The summed E-state index contributed by atoms with van der Waals surface area (Å²) in [6.45, 7) is 10.1. The molecule has 3 aromatic heterocycles. The summed E-state index contributed by atoms with van der Waals surface area (Å²) in [6, 6.07) is 22.7. The van der Waals surface area contributed by atoms with Crippen LogP contribution in [0.5, 0.6) is 5.75 Å². The number of nitrogens with zero attached hydrogens (tertiary/aromatic N) is 7. The SMILES string of the molecule is Cn1nc(C2CCC(=O)NC2=O)c2ccc(N3CCN(CCN4CCN(c5ccc(-c6ccc7c(ccc8sc(C(N)=O)c(O)c87)n6)cc5)CC4)CC3)cc21. The van der Waals surface area contributed by atoms with E-state index in [2.05, 4.69) is 67.4 Å². The largest absolute Gasteiger partial charge is 0.506 e. The molecule has 0 saturated carbocycles. The van der Waals surface area contributed by atoms with Crippen molar-refractivity contribution in [3.05, 3.63) is 77.3 Å². The van der Waals surface area contributed by atoms with E-state index in [0.717, 1.165) is 109 Å². The molecular formula is C41H43N9O4S. The van der Waals surface area contributed by atoms with E-state index in [9.17, 15) is 19.5 Å². The summed E-state index contributed by atoms with van der Waals surface area (Å²) in [7, 11) is 1.92. The van der Waals surface area contributed by atoms with Gasteiger partial charge in [0.25, 0.3) is 5.91 Å². The van der Waals surface area contributed by atoms with Gasteiger partial charge in [-0.25, -0.2) is 4.98 Å². The summed E-state index contributed by atoms with van der Waals surface area (Å²) in [5.41, 5.74) is 12.2. The van der Waals surface area contributed by atoms with Crippen LogP contribution in [0.15, 0.2) is 66.7 Å². The zero-order chi connectivity index (χ0) is 37.8. The van der Waals surface area contributed by atoms with E-state index < -0.39 is 11.8 Å². The number of imide groups is 1. The summed E-state index contributed by atoms with van der Waals surface area (Å²) in [5.74, 6) is -1.57. The zero-order valence-electron chi connectivity index (χ0n) is 30.7. The molecule has 0 bridgehead atoms. The van der Waals surface area contributed by atoms with E-state index in [-0.39, 0.29) is 22.4 Å². The number of aromatic hydroxyl groups is 1. The molecule has 0 spiro atoms. The Morgan fingerprint density at radius 2 is 1.51 bits per heavy atom. The number of fused-ring (bicyclic) bond motifs is 4. The quantitative estimate of drug-likeness (QED) is 0.192. The highest BCUT2D eigenvalue weighted by Gasteiger charge is 2.32. The van der Waals surface area contributed by atoms with Gasteiger partial charge in [-0.15, -0.1) is 11.3 Å². The molecular weight excluding hydrogens is 715 g/mol. The molecule has 3 fully saturated rings. The van der Waals surface area contributed by atoms with Crippen molar-refractivity contribution < 1.29 is 19.5 Å². The molecule has 0 radical (unpaired) electrons. The van der Waals surface area contributed by atoms with Crippen molar-refractivity contribution in [1.29, 1.82) is 0 Å². The highest BCUT2D eigenvalue weighted by Crippen LogP contribution is 2.41. The minimum absolute atomic E-state index is 0.0716. The van der Waals surface area contributed by atoms with Gasteiger partial charge in [0.1, 0.15) is 10.6 Å². The fourth-order valence-electron chi connectivity index (χ4n) is 8.38. The Labute approximate surface area is 321 Å². The molecule has 14 heteroatoms. The Bertz CT molecular complexity index is 2460. The minimum atomic E-state index is -0.632. The second-order valence-corrected chi connectivity index (χ2v) is 15.8. The number of piperidine rings is 1. The summed E-state index contributed by atoms with van der Waals surface area (Å²) in [6.07, 6.45) is 0.835. The van der Waals surface area contributed by atoms with Crippen LogP contribution in [0.3, 0.4) is 0 Å². The lowest BCUT2D eigenvalue weighted by molar-refractivity contribution is -0.134. The predicted octanol–water partition coefficient (Wildman–Crippen LogP) is 4.27. The molecule has 6 aromatic rings. The van der Waals surface area contributed by atoms with Crippen molar-refractivity contribution in [2.75, 3.05) is 75.2 Å². The maximum atomic E-state index is 12.5. The van der Waals surface area contributed by atoms with Gasteiger partial charge in [0.15, 0.2) is 0 Å². The highest BCUT2D eigenvalue weighted by atomic mass is 32.1. The first-order chi connectivity index (χ1) is 26.7. The smallest absolute Gasteiger partial charge is 0.262 e. The average molecular weight is 758 g/mol. The molecule has 3 aromatic carbocycles. The molecule has 282 valence electrons. The number of nitrogens with two attached hydrogens (primary N) is 1. The first kappa shape index (κ1) is 35.2. The van der Waals surface area contributed by atoms with Gasteiger partial charge >= 0.3 is 0 Å². The van der Waals surface area contributed by atoms with Crippen LogP contribution in [0.4, 0.5) is 11.4 Å². The highest BCUT2D eigenvalue weighted by molar-refractivity contribution is 7.21. The Morgan fingerprint density at radius 3 is 2.18 bits per heavy atom. The second kappa shape index (κ2) is 14.3. The summed E-state index contributed by atoms with van der Waals surface area (Å²) < 4.78 is 2.66. The molecule has 3 aliphatic heterocycles. The number of primary amides is 1. The van der Waals surface area contributed by atoms with Crippen LogP contribution in [0.25, 0.3) is 43.1 Å². The third-order valence-corrected chi connectivity index (χ3v) is 12.7. The lowest BCUT2D eigenvalue weighted by atomic mass is 9.93. The van der Waals surface area contributed by atoms with Gasteiger partial charge in [0.2, 0.25) is 11.8 Å². The van der Waals surface area contributed by atoms with Crippen molar-refractivity contribution in [3.8, 4) is 17.0 Å². The van der Waals surface area contributed by atoms with Gasteiger partial charge in [0.05, 0.1) is 28.3 Å². The Balaban J connectivity index is 0.759. The molecule has 4 N–H and O–H groups in total. The number of aryl methyl sites for hydroxylation is 1. The molecule has 0 aliphatic carbocycles. The van der Waals surface area contributed by atoms with Crippen LogP contribution in [0.1, 0.15) is 34.1 Å². The number of hydrogen-bond acceptors (Lipinski definition) is 11. The van der Waals surface area contributed by atoms with Crippen LogP contribution < -0.4 is 20.9 Å². The molecule has 9 rings (SSSR count). The van der Waals surface area contributed by atoms with Gasteiger partial charge in [0, 0.05) is 117 Å². The number of aromatic nitrogens is 3. The van der Waals surface area contributed by atoms with Crippen LogP contribution >= 0.6 is 11.3 Å². The number of piperazine rings is 2. The van der Waals surface area contributed by atoms with Gasteiger partial charge in [-0.3, -0.25) is 34.2 Å². The van der Waals surface area contributed by atoms with Crippen LogP contribution in [-0.4, -0.2) is 113 Å². The van der Waals surface area contributed by atoms with Crippen molar-refractivity contribution in [2.45, 2.75) is 18.8 Å². The van der Waals surface area contributed by atoms with Gasteiger partial charge in [-0.05, 0) is 61.0 Å². The molecule has 13 nitrogen and oxygen atoms in total. The maximum Gasteiger partial charge on any atom is 0.262 e. The molecule has 3 saturated heterocycles. The van der Waals surface area contributed by atoms with Crippen LogP contribution in [0, 0.1) is 0 Å². The number of carbonyl (C=O) groups excluding carboxylic acids is 3. The Morgan fingerprint density at radius 1 is 0.855 bits per heavy atom. The molecule has 3 amide bonds. The average Bonchev–Trinajstić information content (AvgIpc) is 3.73. The number of rotatable bonds is 8. The van der Waals surface area contributed by atoms with E-state index in [0.29, 0.717) is 18.2 Å². The third-order valence-electron chi connectivity index (χ3n) is 11.5. The van der Waals surface area contributed by atoms with E-state index >= 15 is 0 Å². The topological polar surface area (TPSA) is 153 Å². The van der Waals surface area contributed by atoms with Gasteiger partial charge in [-0.1, -0.05) is 12.1 Å². The lowest BCUT2D eigenvalue weighted by Gasteiger charge is -2.39.